The molecule has 4 nitrogen and oxygen atoms in total. The predicted octanol–water partition coefficient (Wildman–Crippen LogP) is 3.84. The molecule has 1 amide bonds. The Morgan fingerprint density at radius 1 is 1.24 bits per heavy atom. The molecular weight excluding hydrogens is 399 g/mol. The maximum atomic E-state index is 12.4. The number of anilines is 1. The van der Waals surface area contributed by atoms with Crippen LogP contribution in [-0.4, -0.2) is 11.0 Å². The summed E-state index contributed by atoms with van der Waals surface area (Å²) < 4.78 is 1.03. The van der Waals surface area contributed by atoms with E-state index in [0.717, 1.165) is 30.1 Å². The predicted molar refractivity (Wildman–Crippen MR) is 93.2 cm³/mol. The van der Waals surface area contributed by atoms with Crippen LogP contribution in [0.15, 0.2) is 12.1 Å². The van der Waals surface area contributed by atoms with Crippen LogP contribution in [0.1, 0.15) is 38.1 Å². The summed E-state index contributed by atoms with van der Waals surface area (Å²) in [6, 6.07) is 3.80. The lowest BCUT2D eigenvalue weighted by Gasteiger charge is -2.27. The topological polar surface area (TPSA) is 61.4 Å². The van der Waals surface area contributed by atoms with Gasteiger partial charge in [0.15, 0.2) is 0 Å². The van der Waals surface area contributed by atoms with Crippen molar-refractivity contribution in [1.82, 2.24) is 5.32 Å². The lowest BCUT2D eigenvalue weighted by atomic mass is 10.0. The number of rotatable bonds is 1. The monoisotopic (exact) mass is 414 g/mol. The van der Waals surface area contributed by atoms with Crippen molar-refractivity contribution in [2.45, 2.75) is 26.9 Å². The molecule has 3 rings (SSSR count). The first kappa shape index (κ1) is 14.6. The second kappa shape index (κ2) is 5.17. The quantitative estimate of drug-likeness (QED) is 0.622. The fraction of sp³-hybridized carbons (Fsp3) is 0.267. The normalized spacial score (nSPS) is 17.1. The highest BCUT2D eigenvalue weighted by molar-refractivity contribution is 14.1. The number of aromatic hydroxyl groups is 1. The number of hydrogen-bond acceptors (Lipinski definition) is 4. The summed E-state index contributed by atoms with van der Waals surface area (Å²) in [6.07, 6.45) is -0.407. The van der Waals surface area contributed by atoms with Gasteiger partial charge in [0.2, 0.25) is 0 Å². The first-order chi connectivity index (χ1) is 9.88. The van der Waals surface area contributed by atoms with Gasteiger partial charge in [-0.2, -0.15) is 0 Å². The maximum absolute atomic E-state index is 12.4. The molecule has 21 heavy (non-hydrogen) atoms. The van der Waals surface area contributed by atoms with Crippen molar-refractivity contribution in [1.29, 1.82) is 0 Å². The molecule has 0 aliphatic carbocycles. The molecule has 0 fully saturated rings. The maximum Gasteiger partial charge on any atom is 0.256 e. The summed E-state index contributed by atoms with van der Waals surface area (Å²) in [7, 11) is 0. The van der Waals surface area contributed by atoms with E-state index >= 15 is 0 Å². The van der Waals surface area contributed by atoms with Crippen molar-refractivity contribution in [3.63, 3.8) is 0 Å². The fourth-order valence-electron chi connectivity index (χ4n) is 2.51. The highest BCUT2D eigenvalue weighted by Gasteiger charge is 2.30. The van der Waals surface area contributed by atoms with E-state index in [1.165, 1.54) is 0 Å². The van der Waals surface area contributed by atoms with E-state index in [4.69, 9.17) is 0 Å². The number of phenols is 1. The van der Waals surface area contributed by atoms with Crippen LogP contribution < -0.4 is 10.6 Å². The van der Waals surface area contributed by atoms with Gasteiger partial charge in [-0.25, -0.2) is 0 Å². The molecule has 0 bridgehead atoms. The largest absolute Gasteiger partial charge is 0.507 e. The molecule has 3 N–H and O–H groups in total. The van der Waals surface area contributed by atoms with Gasteiger partial charge in [0.05, 0.1) is 5.56 Å². The number of carbonyl (C=O) groups excluding carboxylic acids is 1. The van der Waals surface area contributed by atoms with Gasteiger partial charge in [-0.1, -0.05) is 0 Å². The van der Waals surface area contributed by atoms with E-state index < -0.39 is 6.17 Å². The molecule has 1 atom stereocenters. The lowest BCUT2D eigenvalue weighted by molar-refractivity contribution is 0.0935. The molecule has 1 aliphatic rings. The van der Waals surface area contributed by atoms with Crippen molar-refractivity contribution >= 4 is 44.8 Å². The molecule has 0 radical (unpaired) electrons. The average molecular weight is 414 g/mol. The molecule has 1 unspecified atom stereocenters. The zero-order valence-corrected chi connectivity index (χ0v) is 14.8. The summed E-state index contributed by atoms with van der Waals surface area (Å²) in [5.74, 6) is 0.133. The SMILES string of the molecule is Cc1cc(I)cc(C2NC(=O)c3c(sc(C)c3C)N2)c1O. The van der Waals surface area contributed by atoms with Gasteiger partial charge in [0.1, 0.15) is 16.9 Å². The van der Waals surface area contributed by atoms with Crippen LogP contribution in [0.3, 0.4) is 0 Å². The van der Waals surface area contributed by atoms with Crippen LogP contribution >= 0.6 is 33.9 Å². The minimum Gasteiger partial charge on any atom is -0.507 e. The van der Waals surface area contributed by atoms with E-state index in [9.17, 15) is 9.90 Å². The van der Waals surface area contributed by atoms with Crippen LogP contribution in [0, 0.1) is 24.3 Å². The van der Waals surface area contributed by atoms with E-state index in [1.54, 1.807) is 11.3 Å². The van der Waals surface area contributed by atoms with Gasteiger partial charge in [-0.3, -0.25) is 4.79 Å². The minimum absolute atomic E-state index is 0.0912. The Morgan fingerprint density at radius 3 is 2.67 bits per heavy atom. The van der Waals surface area contributed by atoms with Gasteiger partial charge in [0.25, 0.3) is 5.91 Å². The van der Waals surface area contributed by atoms with Gasteiger partial charge >= 0.3 is 0 Å². The molecule has 2 heterocycles. The Morgan fingerprint density at radius 2 is 1.95 bits per heavy atom. The van der Waals surface area contributed by atoms with Gasteiger partial charge in [-0.05, 0) is 66.6 Å². The number of hydrogen-bond donors (Lipinski definition) is 3. The van der Waals surface area contributed by atoms with E-state index in [2.05, 4.69) is 33.2 Å². The minimum atomic E-state index is -0.407. The second-order valence-corrected chi connectivity index (χ2v) is 7.67. The Labute approximate surface area is 140 Å². The number of aryl methyl sites for hydroxylation is 2. The van der Waals surface area contributed by atoms with Gasteiger partial charge in [0, 0.05) is 14.0 Å². The third-order valence-electron chi connectivity index (χ3n) is 3.77. The lowest BCUT2D eigenvalue weighted by Crippen LogP contribution is -2.38. The Hall–Kier alpha value is -1.28. The Kier molecular flexibility index (Phi) is 3.61. The van der Waals surface area contributed by atoms with Gasteiger partial charge in [-0.15, -0.1) is 11.3 Å². The summed E-state index contributed by atoms with van der Waals surface area (Å²) >= 11 is 3.79. The number of phenolic OH excluding ortho intramolecular Hbond substituents is 1. The number of halogens is 1. The van der Waals surface area contributed by atoms with Crippen molar-refractivity contribution in [3.8, 4) is 5.75 Å². The second-order valence-electron chi connectivity index (χ2n) is 5.20. The third-order valence-corrected chi connectivity index (χ3v) is 5.53. The molecule has 1 aromatic carbocycles. The molecular formula is C15H15IN2O2S. The van der Waals surface area contributed by atoms with Crippen molar-refractivity contribution in [2.75, 3.05) is 5.32 Å². The van der Waals surface area contributed by atoms with Crippen LogP contribution in [-0.2, 0) is 0 Å². The molecule has 0 spiro atoms. The Balaban J connectivity index is 2.06. The number of fused-ring (bicyclic) bond motifs is 1. The smallest absolute Gasteiger partial charge is 0.256 e. The van der Waals surface area contributed by atoms with Gasteiger partial charge < -0.3 is 15.7 Å². The molecule has 0 saturated carbocycles. The molecule has 0 saturated heterocycles. The average Bonchev–Trinajstić information content (AvgIpc) is 2.69. The number of nitrogens with one attached hydrogen (secondary N) is 2. The van der Waals surface area contributed by atoms with Crippen LogP contribution in [0.5, 0.6) is 5.75 Å². The van der Waals surface area contributed by atoms with Crippen LogP contribution in [0.2, 0.25) is 0 Å². The first-order valence-corrected chi connectivity index (χ1v) is 8.44. The van der Waals surface area contributed by atoms with E-state index in [1.807, 2.05) is 32.9 Å². The standard InChI is InChI=1S/C15H15IN2O2S/c1-6-4-9(16)5-10(12(6)19)13-17-14(20)11-7(2)8(3)21-15(11)18-13/h4-5,13,18-19H,1-3H3,(H,17,20). The zero-order valence-electron chi connectivity index (χ0n) is 11.9. The van der Waals surface area contributed by atoms with Crippen LogP contribution in [0.4, 0.5) is 5.00 Å². The molecule has 2 aromatic rings. The zero-order chi connectivity index (χ0) is 15.3. The third kappa shape index (κ3) is 2.40. The molecule has 1 aromatic heterocycles. The first-order valence-electron chi connectivity index (χ1n) is 6.55. The number of carbonyl (C=O) groups is 1. The molecule has 1 aliphatic heterocycles. The van der Waals surface area contributed by atoms with Crippen molar-refractivity contribution < 1.29 is 9.90 Å². The number of thiophene rings is 1. The summed E-state index contributed by atoms with van der Waals surface area (Å²) in [5, 5.41) is 17.4. The van der Waals surface area contributed by atoms with Crippen LogP contribution in [0.25, 0.3) is 0 Å². The number of amides is 1. The molecule has 6 heteroatoms. The summed E-state index contributed by atoms with van der Waals surface area (Å²) in [6.45, 7) is 5.82. The summed E-state index contributed by atoms with van der Waals surface area (Å²) in [5.41, 5.74) is 3.23. The highest BCUT2D eigenvalue weighted by atomic mass is 127. The van der Waals surface area contributed by atoms with E-state index in [0.29, 0.717) is 5.56 Å². The Bertz CT molecular complexity index is 755. The highest BCUT2D eigenvalue weighted by Crippen LogP contribution is 2.39. The summed E-state index contributed by atoms with van der Waals surface area (Å²) in [4.78, 5) is 13.5. The molecule has 110 valence electrons. The van der Waals surface area contributed by atoms with E-state index in [-0.39, 0.29) is 11.7 Å². The fourth-order valence-corrected chi connectivity index (χ4v) is 4.40. The number of benzene rings is 1. The van der Waals surface area contributed by atoms with Crippen molar-refractivity contribution in [3.05, 3.63) is 42.8 Å². The van der Waals surface area contributed by atoms with Crippen molar-refractivity contribution in [2.24, 2.45) is 0 Å².